The van der Waals surface area contributed by atoms with Crippen molar-refractivity contribution in [2.75, 3.05) is 44.0 Å². The number of halogens is 1. The second-order valence-electron chi connectivity index (χ2n) is 10.2. The predicted molar refractivity (Wildman–Crippen MR) is 164 cm³/mol. The summed E-state index contributed by atoms with van der Waals surface area (Å²) in [6.07, 6.45) is 5.07. The van der Waals surface area contributed by atoms with Gasteiger partial charge in [0.05, 0.1) is 6.10 Å². The number of nitrogens with one attached hydrogen (secondary N) is 1. The molecule has 0 bridgehead atoms. The molecule has 41 heavy (non-hydrogen) atoms. The van der Waals surface area contributed by atoms with Gasteiger partial charge in [-0.3, -0.25) is 4.99 Å². The fourth-order valence-electron chi connectivity index (χ4n) is 5.06. The molecular weight excluding hydrogens is 629 g/mol. The number of nitriles is 1. The van der Waals surface area contributed by atoms with E-state index < -0.39 is 5.82 Å². The molecule has 1 aromatic heterocycles. The van der Waals surface area contributed by atoms with Gasteiger partial charge < -0.3 is 16.2 Å². The van der Waals surface area contributed by atoms with Crippen molar-refractivity contribution in [1.82, 2.24) is 9.78 Å². The van der Waals surface area contributed by atoms with Crippen LogP contribution in [-0.2, 0) is 4.74 Å². The van der Waals surface area contributed by atoms with E-state index in [0.717, 1.165) is 55.6 Å². The Morgan fingerprint density at radius 3 is 2.44 bits per heavy atom. The van der Waals surface area contributed by atoms with Crippen LogP contribution in [0.1, 0.15) is 31.2 Å². The van der Waals surface area contributed by atoms with Crippen molar-refractivity contribution in [1.29, 1.82) is 5.26 Å². The molecule has 5 rings (SSSR count). The van der Waals surface area contributed by atoms with Gasteiger partial charge in [-0.1, -0.05) is 0 Å². The molecule has 2 aromatic carbocycles. The summed E-state index contributed by atoms with van der Waals surface area (Å²) in [5, 5.41) is 17.6. The summed E-state index contributed by atoms with van der Waals surface area (Å²) < 4.78 is 24.8. The Morgan fingerprint density at radius 1 is 1.15 bits per heavy atom. The fraction of sp³-hybridized carbons (Fsp3) is 0.433. The quantitative estimate of drug-likeness (QED) is 0.193. The van der Waals surface area contributed by atoms with Crippen molar-refractivity contribution in [2.24, 2.45) is 22.4 Å². The van der Waals surface area contributed by atoms with E-state index in [2.05, 4.69) is 39.5 Å². The molecule has 0 aliphatic carbocycles. The monoisotopic (exact) mass is 667 g/mol. The topological polar surface area (TPSA) is 131 Å². The summed E-state index contributed by atoms with van der Waals surface area (Å²) in [7, 11) is 3.33. The van der Waals surface area contributed by atoms with E-state index in [0.29, 0.717) is 11.7 Å². The molecule has 1 unspecified atom stereocenters. The van der Waals surface area contributed by atoms with Gasteiger partial charge in [-0.25, -0.2) is 0 Å². The first-order chi connectivity index (χ1) is 19.9. The van der Waals surface area contributed by atoms with E-state index >= 15 is 0 Å². The van der Waals surface area contributed by atoms with Gasteiger partial charge in [0.2, 0.25) is 0 Å². The first kappa shape index (κ1) is 30.7. The second-order valence-corrected chi connectivity index (χ2v) is 13.8. The number of hydrogen-bond acceptors (Lipinski definition) is 6. The Labute approximate surface area is 252 Å². The maximum atomic E-state index is 14.5. The average Bonchev–Trinajstić information content (AvgIpc) is 3.45. The summed E-state index contributed by atoms with van der Waals surface area (Å²) >= 11 is 0.00639. The van der Waals surface area contributed by atoms with Crippen LogP contribution in [0.2, 0.25) is 8.73 Å². The van der Waals surface area contributed by atoms with E-state index in [1.54, 1.807) is 13.2 Å². The van der Waals surface area contributed by atoms with Gasteiger partial charge >= 0.3 is 174 Å². The molecule has 217 valence electrons. The standard InChI is InChI=1S/C28H32FN5O.C2H7N3.Sb/c1-4-5-20(2)19-31-28-17-27(21-6-7-22(18-30)26(29)16-21)34(32-28)24-10-8-23(9-11-24)33-14-12-25(35-3)13-15-33;1-5-2(3)4;/h6-11,16-17,20,25H,1-2,4-5,12-15,19H2,3H3,(H,31,32);1H3,(H4,3,4,5);. The minimum atomic E-state index is -0.514. The van der Waals surface area contributed by atoms with Gasteiger partial charge in [0.25, 0.3) is 0 Å². The third kappa shape index (κ3) is 8.37. The molecule has 2 fully saturated rings. The molecular formula is C30H39FN8OSb. The van der Waals surface area contributed by atoms with Crippen molar-refractivity contribution in [3.05, 3.63) is 59.9 Å². The smallest absolute Gasteiger partial charge is 0.00898 e. The minimum absolute atomic E-state index is 0.00639. The molecule has 11 heteroatoms. The number of benzene rings is 2. The van der Waals surface area contributed by atoms with Crippen LogP contribution in [-0.4, -0.2) is 77.3 Å². The molecule has 1 atom stereocenters. The third-order valence-electron chi connectivity index (χ3n) is 7.48. The molecule has 9 nitrogen and oxygen atoms in total. The number of anilines is 2. The zero-order valence-electron chi connectivity index (χ0n) is 23.8. The average molecular weight is 668 g/mol. The number of aliphatic imine (C=N–C) groups is 1. The number of nitrogens with two attached hydrogens (primary N) is 2. The fourth-order valence-corrected chi connectivity index (χ4v) is 8.67. The zero-order chi connectivity index (χ0) is 29.2. The van der Waals surface area contributed by atoms with E-state index in [1.807, 2.05) is 16.8 Å². The Hall–Kier alpha value is -3.28. The molecule has 3 heterocycles. The maximum absolute atomic E-state index is 14.5. The molecule has 2 aliphatic heterocycles. The number of ether oxygens (including phenoxy) is 1. The van der Waals surface area contributed by atoms with Crippen molar-refractivity contribution in [3.63, 3.8) is 0 Å². The summed E-state index contributed by atoms with van der Waals surface area (Å²) in [5.41, 5.74) is 13.3. The first-order valence-electron chi connectivity index (χ1n) is 13.9. The Balaban J connectivity index is 0.000000714. The Morgan fingerprint density at radius 2 is 1.85 bits per heavy atom. The molecule has 1 radical (unpaired) electrons. The van der Waals surface area contributed by atoms with Crippen LogP contribution >= 0.6 is 0 Å². The SMILES string of the molecule is CN=C(N)N.COC1CCN(c2ccc(-n3nc(NCC4CC[CH2][Sb][CH2]4)cc3-c3ccc(C#N)c(F)c3)cc2)CC1. The van der Waals surface area contributed by atoms with Crippen LogP contribution in [0.5, 0.6) is 0 Å². The first-order valence-corrected chi connectivity index (χ1v) is 17.6. The van der Waals surface area contributed by atoms with Crippen molar-refractivity contribution >= 4 is 39.1 Å². The van der Waals surface area contributed by atoms with Crippen LogP contribution < -0.4 is 21.7 Å². The van der Waals surface area contributed by atoms with Crippen molar-refractivity contribution in [2.45, 2.75) is 40.5 Å². The number of aromatic nitrogens is 2. The van der Waals surface area contributed by atoms with E-state index in [1.165, 1.54) is 46.4 Å². The molecule has 2 aliphatic rings. The summed E-state index contributed by atoms with van der Waals surface area (Å²) in [5.74, 6) is 1.15. The minimum Gasteiger partial charge on any atom is -0.00898 e. The van der Waals surface area contributed by atoms with E-state index in [9.17, 15) is 4.39 Å². The molecule has 2 saturated heterocycles. The van der Waals surface area contributed by atoms with Gasteiger partial charge in [0.1, 0.15) is 0 Å². The van der Waals surface area contributed by atoms with E-state index in [4.69, 9.17) is 26.6 Å². The molecule has 5 N–H and O–H groups in total. The Kier molecular flexibility index (Phi) is 11.3. The summed E-state index contributed by atoms with van der Waals surface area (Å²) in [6.45, 7) is 2.89. The van der Waals surface area contributed by atoms with Crippen LogP contribution in [0.25, 0.3) is 16.9 Å². The van der Waals surface area contributed by atoms with Crippen LogP contribution in [0, 0.1) is 23.1 Å². The van der Waals surface area contributed by atoms with Gasteiger partial charge in [0.15, 0.2) is 5.96 Å². The zero-order valence-corrected chi connectivity index (χ0v) is 26.3. The summed E-state index contributed by atoms with van der Waals surface area (Å²) in [6, 6.07) is 17.1. The second kappa shape index (κ2) is 15.1. The van der Waals surface area contributed by atoms with Crippen LogP contribution in [0.4, 0.5) is 15.9 Å². The van der Waals surface area contributed by atoms with Crippen molar-refractivity contribution in [3.8, 4) is 23.0 Å². The molecule has 0 amide bonds. The van der Waals surface area contributed by atoms with Gasteiger partial charge in [-0.2, -0.15) is 5.26 Å². The number of rotatable bonds is 7. The molecule has 0 saturated carbocycles. The molecule has 0 spiro atoms. The summed E-state index contributed by atoms with van der Waals surface area (Å²) in [4.78, 5) is 5.75. The van der Waals surface area contributed by atoms with Gasteiger partial charge in [0, 0.05) is 27.2 Å². The third-order valence-corrected chi connectivity index (χ3v) is 11.5. The van der Waals surface area contributed by atoms with Crippen LogP contribution in [0.3, 0.4) is 0 Å². The molecule has 3 aromatic rings. The predicted octanol–water partition coefficient (Wildman–Crippen LogP) is 4.42. The number of guanidine groups is 1. The number of hydrogen-bond donors (Lipinski definition) is 3. The van der Waals surface area contributed by atoms with Gasteiger partial charge in [-0.05, 0) is 12.8 Å². The number of piperidine rings is 1. The maximum Gasteiger partial charge on any atom is 0.0202 e. The van der Waals surface area contributed by atoms with Gasteiger partial charge in [-0.15, -0.1) is 0 Å². The normalized spacial score (nSPS) is 17.2. The van der Waals surface area contributed by atoms with Crippen molar-refractivity contribution < 1.29 is 9.13 Å². The Bertz CT molecular complexity index is 1340. The van der Waals surface area contributed by atoms with E-state index in [-0.39, 0.29) is 33.1 Å². The number of nitrogens with zero attached hydrogens (tertiary/aromatic N) is 5. The number of methoxy groups -OCH3 is 1. The largest absolute Gasteiger partial charge is 0.0202 e. The van der Waals surface area contributed by atoms with Crippen LogP contribution in [0.15, 0.2) is 53.5 Å².